The molecule has 0 saturated heterocycles. The van der Waals surface area contributed by atoms with E-state index in [1.165, 1.54) is 32.1 Å². The van der Waals surface area contributed by atoms with Crippen LogP contribution in [-0.4, -0.2) is 21.8 Å². The minimum absolute atomic E-state index is 0.174. The van der Waals surface area contributed by atoms with Gasteiger partial charge in [-0.2, -0.15) is 0 Å². The highest BCUT2D eigenvalue weighted by Crippen LogP contribution is 2.28. The number of nitrogens with zero attached hydrogens (tertiary/aromatic N) is 2. The Hall–Kier alpha value is -1.81. The second kappa shape index (κ2) is 7.84. The van der Waals surface area contributed by atoms with E-state index in [0.29, 0.717) is 22.6 Å². The maximum absolute atomic E-state index is 10.1. The molecule has 24 heavy (non-hydrogen) atoms. The summed E-state index contributed by atoms with van der Waals surface area (Å²) in [6.07, 6.45) is 8.59. The summed E-state index contributed by atoms with van der Waals surface area (Å²) in [6, 6.07) is 7.50. The fourth-order valence-electron chi connectivity index (χ4n) is 3.16. The van der Waals surface area contributed by atoms with Gasteiger partial charge in [-0.15, -0.1) is 0 Å². The lowest BCUT2D eigenvalue weighted by Crippen LogP contribution is -2.10. The van der Waals surface area contributed by atoms with Crippen LogP contribution in [0.5, 0.6) is 5.95 Å². The Morgan fingerprint density at radius 1 is 1.12 bits per heavy atom. The van der Waals surface area contributed by atoms with Gasteiger partial charge in [0.25, 0.3) is 0 Å². The van der Waals surface area contributed by atoms with Crippen LogP contribution in [0.25, 0.3) is 11.5 Å². The van der Waals surface area contributed by atoms with Gasteiger partial charge >= 0.3 is 5.95 Å². The number of rotatable bonds is 3. The zero-order valence-corrected chi connectivity index (χ0v) is 14.7. The highest BCUT2D eigenvalue weighted by atomic mass is 35.5. The van der Waals surface area contributed by atoms with Crippen LogP contribution in [0.4, 0.5) is 0 Å². The Balaban J connectivity index is 1.80. The molecule has 0 unspecified atom stereocenters. The second-order valence-corrected chi connectivity index (χ2v) is 6.83. The molecule has 1 N–H and O–H groups in total. The molecule has 3 rings (SSSR count). The van der Waals surface area contributed by atoms with Crippen molar-refractivity contribution < 1.29 is 9.52 Å². The topological polar surface area (TPSA) is 58.6 Å². The number of aromatic hydroxyl groups is 1. The molecule has 0 atom stereocenters. The first-order valence-corrected chi connectivity index (χ1v) is 9.02. The smallest absolute Gasteiger partial charge is 0.312 e. The molecule has 5 heteroatoms. The van der Waals surface area contributed by atoms with E-state index in [2.05, 4.69) is 4.98 Å². The summed E-state index contributed by atoms with van der Waals surface area (Å²) in [5, 5.41) is 10.8. The zero-order valence-electron chi connectivity index (χ0n) is 14.0. The van der Waals surface area contributed by atoms with Crippen LogP contribution in [0.2, 0.25) is 5.02 Å². The largest absolute Gasteiger partial charge is 0.479 e. The molecule has 1 aliphatic rings. The molecule has 1 heterocycles. The number of benzene rings is 1. The minimum atomic E-state index is -0.174. The lowest BCUT2D eigenvalue weighted by molar-refractivity contribution is 0.336. The normalized spacial score (nSPS) is 17.5. The summed E-state index contributed by atoms with van der Waals surface area (Å²) in [5.74, 6) is 0.207. The van der Waals surface area contributed by atoms with Crippen molar-refractivity contribution >= 4 is 17.3 Å². The standard InChI is InChI=1S/C19H23ClN2O2/c1-13(21-16-7-5-3-2-4-6-8-16)17-19(23)24-18(22-17)14-9-11-15(20)12-10-14/h9-12,16,23H,2-8H2,1H3. The van der Waals surface area contributed by atoms with Crippen LogP contribution >= 0.6 is 11.6 Å². The average molecular weight is 347 g/mol. The molecule has 2 aromatic rings. The maximum Gasteiger partial charge on any atom is 0.312 e. The summed E-state index contributed by atoms with van der Waals surface area (Å²) in [4.78, 5) is 9.23. The SMILES string of the molecule is CC(=NC1CCCCCCC1)c1nc(-c2ccc(Cl)cc2)oc1O. The van der Waals surface area contributed by atoms with Gasteiger partial charge in [-0.05, 0) is 44.0 Å². The zero-order chi connectivity index (χ0) is 16.9. The number of hydrogen-bond donors (Lipinski definition) is 1. The third kappa shape index (κ3) is 4.18. The average Bonchev–Trinajstić information content (AvgIpc) is 2.92. The van der Waals surface area contributed by atoms with Crippen molar-refractivity contribution in [3.63, 3.8) is 0 Å². The van der Waals surface area contributed by atoms with Crippen molar-refractivity contribution in [1.82, 2.24) is 4.98 Å². The molecule has 0 bridgehead atoms. The maximum atomic E-state index is 10.1. The summed E-state index contributed by atoms with van der Waals surface area (Å²) in [7, 11) is 0. The monoisotopic (exact) mass is 346 g/mol. The fourth-order valence-corrected chi connectivity index (χ4v) is 3.29. The van der Waals surface area contributed by atoms with Crippen molar-refractivity contribution in [2.45, 2.75) is 57.9 Å². The molecule has 0 amide bonds. The summed E-state index contributed by atoms with van der Waals surface area (Å²) in [6.45, 7) is 1.89. The van der Waals surface area contributed by atoms with E-state index in [4.69, 9.17) is 21.0 Å². The van der Waals surface area contributed by atoms with Crippen molar-refractivity contribution in [3.8, 4) is 17.4 Å². The lowest BCUT2D eigenvalue weighted by atomic mass is 9.97. The van der Waals surface area contributed by atoms with Crippen LogP contribution < -0.4 is 0 Å². The van der Waals surface area contributed by atoms with Gasteiger partial charge in [-0.3, -0.25) is 4.99 Å². The van der Waals surface area contributed by atoms with Gasteiger partial charge in [0.1, 0.15) is 0 Å². The molecule has 1 saturated carbocycles. The van der Waals surface area contributed by atoms with Gasteiger partial charge < -0.3 is 9.52 Å². The third-order valence-corrected chi connectivity index (χ3v) is 4.75. The molecular weight excluding hydrogens is 324 g/mol. The highest BCUT2D eigenvalue weighted by molar-refractivity contribution is 6.30. The van der Waals surface area contributed by atoms with E-state index in [9.17, 15) is 5.11 Å². The molecule has 1 aliphatic carbocycles. The van der Waals surface area contributed by atoms with Crippen molar-refractivity contribution in [2.75, 3.05) is 0 Å². The first kappa shape index (κ1) is 17.0. The number of halogens is 1. The van der Waals surface area contributed by atoms with Gasteiger partial charge in [-0.25, -0.2) is 4.98 Å². The Kier molecular flexibility index (Phi) is 5.56. The molecule has 4 nitrogen and oxygen atoms in total. The number of hydrogen-bond acceptors (Lipinski definition) is 4. The van der Waals surface area contributed by atoms with Crippen molar-refractivity contribution in [3.05, 3.63) is 35.0 Å². The Bertz CT molecular complexity index is 699. The van der Waals surface area contributed by atoms with Crippen LogP contribution in [-0.2, 0) is 0 Å². The van der Waals surface area contributed by atoms with Gasteiger partial charge in [0.2, 0.25) is 5.89 Å². The second-order valence-electron chi connectivity index (χ2n) is 6.39. The fraction of sp³-hybridized carbons (Fsp3) is 0.474. The third-order valence-electron chi connectivity index (χ3n) is 4.49. The first-order valence-electron chi connectivity index (χ1n) is 8.64. The lowest BCUT2D eigenvalue weighted by Gasteiger charge is -2.16. The van der Waals surface area contributed by atoms with E-state index in [-0.39, 0.29) is 5.95 Å². The first-order chi connectivity index (χ1) is 11.6. The van der Waals surface area contributed by atoms with E-state index in [1.807, 2.05) is 19.1 Å². The summed E-state index contributed by atoms with van der Waals surface area (Å²) in [5.41, 5.74) is 1.95. The molecule has 1 aromatic carbocycles. The van der Waals surface area contributed by atoms with Gasteiger partial charge in [0.05, 0.1) is 11.8 Å². The molecule has 1 aromatic heterocycles. The highest BCUT2D eigenvalue weighted by Gasteiger charge is 2.18. The van der Waals surface area contributed by atoms with E-state index >= 15 is 0 Å². The molecule has 128 valence electrons. The molecule has 1 fully saturated rings. The molecule has 0 spiro atoms. The van der Waals surface area contributed by atoms with Gasteiger partial charge in [0.15, 0.2) is 5.69 Å². The summed E-state index contributed by atoms with van der Waals surface area (Å²) >= 11 is 5.90. The molecule has 0 radical (unpaired) electrons. The van der Waals surface area contributed by atoms with Crippen molar-refractivity contribution in [1.29, 1.82) is 0 Å². The van der Waals surface area contributed by atoms with E-state index in [1.54, 1.807) is 12.1 Å². The van der Waals surface area contributed by atoms with Gasteiger partial charge in [-0.1, -0.05) is 43.7 Å². The Labute approximate surface area is 147 Å². The predicted octanol–water partition coefficient (Wildman–Crippen LogP) is 5.62. The number of oxazole rings is 1. The summed E-state index contributed by atoms with van der Waals surface area (Å²) < 4.78 is 5.42. The Morgan fingerprint density at radius 2 is 1.75 bits per heavy atom. The van der Waals surface area contributed by atoms with Crippen molar-refractivity contribution in [2.24, 2.45) is 4.99 Å². The molecule has 0 aliphatic heterocycles. The predicted molar refractivity (Wildman–Crippen MR) is 96.9 cm³/mol. The van der Waals surface area contributed by atoms with E-state index < -0.39 is 0 Å². The van der Waals surface area contributed by atoms with Gasteiger partial charge in [0, 0.05) is 10.6 Å². The minimum Gasteiger partial charge on any atom is -0.479 e. The van der Waals surface area contributed by atoms with Crippen LogP contribution in [0.3, 0.4) is 0 Å². The Morgan fingerprint density at radius 3 is 2.42 bits per heavy atom. The number of aromatic nitrogens is 1. The quantitative estimate of drug-likeness (QED) is 0.733. The molecular formula is C19H23ClN2O2. The van der Waals surface area contributed by atoms with Crippen LogP contribution in [0, 0.1) is 0 Å². The van der Waals surface area contributed by atoms with Crippen LogP contribution in [0.15, 0.2) is 33.7 Å². The van der Waals surface area contributed by atoms with Crippen LogP contribution in [0.1, 0.15) is 57.6 Å². The number of aliphatic imine (C=N–C) groups is 1. The van der Waals surface area contributed by atoms with E-state index in [0.717, 1.165) is 24.1 Å².